The smallest absolute Gasteiger partial charge is 0.319 e. The highest BCUT2D eigenvalue weighted by atomic mass is 16.5. The van der Waals surface area contributed by atoms with Crippen molar-refractivity contribution in [2.75, 3.05) is 33.2 Å². The molecule has 2 rings (SSSR count). The number of urea groups is 1. The highest BCUT2D eigenvalue weighted by Gasteiger charge is 2.18. The topological polar surface area (TPSA) is 110 Å². The van der Waals surface area contributed by atoms with Crippen molar-refractivity contribution in [1.82, 2.24) is 20.5 Å². The predicted octanol–water partition coefficient (Wildman–Crippen LogP) is 1.89. The first-order chi connectivity index (χ1) is 12.1. The summed E-state index contributed by atoms with van der Waals surface area (Å²) in [7, 11) is 4.63. The first-order valence-corrected chi connectivity index (χ1v) is 7.79. The number of aromatic nitrogens is 3. The van der Waals surface area contributed by atoms with E-state index in [4.69, 9.17) is 14.2 Å². The van der Waals surface area contributed by atoms with Crippen LogP contribution in [0.25, 0.3) is 0 Å². The van der Waals surface area contributed by atoms with Crippen LogP contribution < -0.4 is 24.8 Å². The third kappa shape index (κ3) is 4.52. The number of hydrogen-bond donors (Lipinski definition) is 3. The lowest BCUT2D eigenvalue weighted by molar-refractivity contribution is 0.252. The number of hydrogen-bond acceptors (Lipinski definition) is 6. The van der Waals surface area contributed by atoms with Gasteiger partial charge in [-0.2, -0.15) is 5.10 Å². The standard InChI is InChI=1S/C16H23N5O4/c1-10-14(24-3)11(8-12(23-2)15(10)25-4)20-16(22)17-7-5-6-13-18-9-19-21-13/h8-9H,5-7H2,1-4H3,(H2,17,20,22)(H,18,19,21). The maximum atomic E-state index is 12.1. The molecule has 0 aliphatic carbocycles. The second-order valence-corrected chi connectivity index (χ2v) is 5.23. The number of anilines is 1. The van der Waals surface area contributed by atoms with E-state index >= 15 is 0 Å². The van der Waals surface area contributed by atoms with Gasteiger partial charge in [0.1, 0.15) is 17.9 Å². The number of ether oxygens (including phenoxy) is 3. The van der Waals surface area contributed by atoms with Gasteiger partial charge in [-0.15, -0.1) is 0 Å². The quantitative estimate of drug-likeness (QED) is 0.628. The minimum Gasteiger partial charge on any atom is -0.494 e. The molecule has 9 heteroatoms. The molecule has 1 aromatic heterocycles. The lowest BCUT2D eigenvalue weighted by Gasteiger charge is -2.18. The van der Waals surface area contributed by atoms with Gasteiger partial charge in [-0.1, -0.05) is 0 Å². The van der Waals surface area contributed by atoms with Crippen molar-refractivity contribution in [1.29, 1.82) is 0 Å². The number of benzene rings is 1. The molecule has 0 atom stereocenters. The number of amides is 2. The maximum absolute atomic E-state index is 12.1. The van der Waals surface area contributed by atoms with Gasteiger partial charge in [-0.3, -0.25) is 5.10 Å². The van der Waals surface area contributed by atoms with Crippen LogP contribution in [0.5, 0.6) is 17.2 Å². The number of rotatable bonds is 8. The van der Waals surface area contributed by atoms with Crippen LogP contribution in [-0.2, 0) is 6.42 Å². The number of H-pyrrole nitrogens is 1. The van der Waals surface area contributed by atoms with E-state index < -0.39 is 0 Å². The Bertz CT molecular complexity index is 703. The molecule has 0 saturated carbocycles. The second-order valence-electron chi connectivity index (χ2n) is 5.23. The largest absolute Gasteiger partial charge is 0.494 e. The van der Waals surface area contributed by atoms with Crippen molar-refractivity contribution >= 4 is 11.7 Å². The zero-order chi connectivity index (χ0) is 18.2. The van der Waals surface area contributed by atoms with Crippen LogP contribution in [0.2, 0.25) is 0 Å². The van der Waals surface area contributed by atoms with Crippen LogP contribution in [0.1, 0.15) is 17.8 Å². The van der Waals surface area contributed by atoms with E-state index in [-0.39, 0.29) is 6.03 Å². The first-order valence-electron chi connectivity index (χ1n) is 7.79. The lowest BCUT2D eigenvalue weighted by atomic mass is 10.1. The summed E-state index contributed by atoms with van der Waals surface area (Å²) in [6, 6.07) is 1.33. The fourth-order valence-corrected chi connectivity index (χ4v) is 2.49. The average Bonchev–Trinajstić information content (AvgIpc) is 3.12. The molecule has 3 N–H and O–H groups in total. The molecule has 1 heterocycles. The van der Waals surface area contributed by atoms with E-state index in [9.17, 15) is 4.79 Å². The Morgan fingerprint density at radius 1 is 1.20 bits per heavy atom. The molecular formula is C16H23N5O4. The molecule has 2 amide bonds. The summed E-state index contributed by atoms with van der Waals surface area (Å²) in [5.41, 5.74) is 1.25. The summed E-state index contributed by atoms with van der Waals surface area (Å²) in [5, 5.41) is 12.1. The molecule has 1 aromatic carbocycles. The molecule has 0 bridgehead atoms. The molecular weight excluding hydrogens is 326 g/mol. The number of aryl methyl sites for hydroxylation is 1. The predicted molar refractivity (Wildman–Crippen MR) is 92.6 cm³/mol. The molecule has 136 valence electrons. The Morgan fingerprint density at radius 3 is 2.56 bits per heavy atom. The van der Waals surface area contributed by atoms with Gasteiger partial charge >= 0.3 is 6.03 Å². The Balaban J connectivity index is 1.98. The van der Waals surface area contributed by atoms with Gasteiger partial charge < -0.3 is 24.8 Å². The van der Waals surface area contributed by atoms with Gasteiger partial charge in [0.15, 0.2) is 11.5 Å². The van der Waals surface area contributed by atoms with Gasteiger partial charge in [-0.05, 0) is 13.3 Å². The molecule has 25 heavy (non-hydrogen) atoms. The highest BCUT2D eigenvalue weighted by molar-refractivity contribution is 5.92. The van der Waals surface area contributed by atoms with E-state index in [0.29, 0.717) is 35.9 Å². The zero-order valence-electron chi connectivity index (χ0n) is 14.8. The molecule has 0 fully saturated rings. The molecule has 0 radical (unpaired) electrons. The summed E-state index contributed by atoms with van der Waals surface area (Å²) in [4.78, 5) is 16.2. The van der Waals surface area contributed by atoms with Crippen molar-refractivity contribution in [3.8, 4) is 17.2 Å². The Morgan fingerprint density at radius 2 is 1.96 bits per heavy atom. The third-order valence-corrected chi connectivity index (χ3v) is 3.64. The van der Waals surface area contributed by atoms with Gasteiger partial charge in [0.05, 0.1) is 27.0 Å². The number of carbonyl (C=O) groups is 1. The molecule has 9 nitrogen and oxygen atoms in total. The molecule has 0 unspecified atom stereocenters. The van der Waals surface area contributed by atoms with E-state index in [2.05, 4.69) is 25.8 Å². The maximum Gasteiger partial charge on any atom is 0.319 e. The SMILES string of the molecule is COc1cc(NC(=O)NCCCc2ncn[nH]2)c(OC)c(C)c1OC. The number of nitrogens with one attached hydrogen (secondary N) is 3. The van der Waals surface area contributed by atoms with Gasteiger partial charge in [0.2, 0.25) is 0 Å². The summed E-state index contributed by atoms with van der Waals surface area (Å²) in [6.07, 6.45) is 2.91. The fourth-order valence-electron chi connectivity index (χ4n) is 2.49. The first kappa shape index (κ1) is 18.4. The summed E-state index contributed by atoms with van der Waals surface area (Å²) < 4.78 is 16.0. The zero-order valence-corrected chi connectivity index (χ0v) is 14.8. The molecule has 0 aliphatic rings. The number of carbonyl (C=O) groups excluding carboxylic acids is 1. The van der Waals surface area contributed by atoms with E-state index in [1.165, 1.54) is 20.5 Å². The average molecular weight is 349 g/mol. The van der Waals surface area contributed by atoms with Crippen LogP contribution in [0.4, 0.5) is 10.5 Å². The number of methoxy groups -OCH3 is 3. The van der Waals surface area contributed by atoms with Gasteiger partial charge in [0, 0.05) is 24.6 Å². The van der Waals surface area contributed by atoms with Crippen molar-refractivity contribution in [3.63, 3.8) is 0 Å². The Hall–Kier alpha value is -2.97. The monoisotopic (exact) mass is 349 g/mol. The number of aromatic amines is 1. The molecule has 2 aromatic rings. The van der Waals surface area contributed by atoms with E-state index in [0.717, 1.165) is 17.8 Å². The Labute approximate surface area is 146 Å². The summed E-state index contributed by atoms with van der Waals surface area (Å²) in [6.45, 7) is 2.34. The minimum atomic E-state index is -0.331. The lowest BCUT2D eigenvalue weighted by Crippen LogP contribution is -2.30. The van der Waals surface area contributed by atoms with Crippen molar-refractivity contribution in [2.24, 2.45) is 0 Å². The van der Waals surface area contributed by atoms with Crippen molar-refractivity contribution in [3.05, 3.63) is 23.8 Å². The third-order valence-electron chi connectivity index (χ3n) is 3.64. The van der Waals surface area contributed by atoms with E-state index in [1.54, 1.807) is 13.2 Å². The molecule has 0 spiro atoms. The van der Waals surface area contributed by atoms with Crippen LogP contribution in [0, 0.1) is 6.92 Å². The van der Waals surface area contributed by atoms with Crippen molar-refractivity contribution in [2.45, 2.75) is 19.8 Å². The summed E-state index contributed by atoms with van der Waals surface area (Å²) >= 11 is 0. The second kappa shape index (κ2) is 8.76. The van der Waals surface area contributed by atoms with Crippen LogP contribution in [0.15, 0.2) is 12.4 Å². The van der Waals surface area contributed by atoms with Crippen LogP contribution >= 0.6 is 0 Å². The van der Waals surface area contributed by atoms with Gasteiger partial charge in [0.25, 0.3) is 0 Å². The Kier molecular flexibility index (Phi) is 6.44. The number of nitrogens with zero attached hydrogens (tertiary/aromatic N) is 2. The normalized spacial score (nSPS) is 10.2. The highest BCUT2D eigenvalue weighted by Crippen LogP contribution is 2.42. The molecule has 0 saturated heterocycles. The van der Waals surface area contributed by atoms with Gasteiger partial charge in [-0.25, -0.2) is 9.78 Å². The van der Waals surface area contributed by atoms with Crippen LogP contribution in [0.3, 0.4) is 0 Å². The fraction of sp³-hybridized carbons (Fsp3) is 0.438. The van der Waals surface area contributed by atoms with Crippen molar-refractivity contribution < 1.29 is 19.0 Å². The van der Waals surface area contributed by atoms with Crippen LogP contribution in [-0.4, -0.2) is 49.1 Å². The minimum absolute atomic E-state index is 0.331. The molecule has 0 aliphatic heterocycles. The summed E-state index contributed by atoms with van der Waals surface area (Å²) in [5.74, 6) is 2.40. The van der Waals surface area contributed by atoms with E-state index in [1.807, 2.05) is 6.92 Å².